The minimum absolute atomic E-state index is 0.0972. The summed E-state index contributed by atoms with van der Waals surface area (Å²) in [5, 5.41) is 3.46. The SMILES string of the molecule is CCC1CCC(NCc2ccccc2F)C1. The topological polar surface area (TPSA) is 12.0 Å². The lowest BCUT2D eigenvalue weighted by Crippen LogP contribution is -2.26. The zero-order chi connectivity index (χ0) is 11.4. The molecule has 0 aromatic heterocycles. The maximum Gasteiger partial charge on any atom is 0.127 e. The van der Waals surface area contributed by atoms with Crippen LogP contribution in [0.15, 0.2) is 24.3 Å². The number of hydrogen-bond acceptors (Lipinski definition) is 1. The Bertz CT molecular complexity index is 337. The molecule has 0 heterocycles. The summed E-state index contributed by atoms with van der Waals surface area (Å²) in [6.07, 6.45) is 5.10. The molecule has 0 saturated heterocycles. The van der Waals surface area contributed by atoms with Crippen molar-refractivity contribution in [3.8, 4) is 0 Å². The highest BCUT2D eigenvalue weighted by molar-refractivity contribution is 5.17. The average Bonchev–Trinajstić information content (AvgIpc) is 2.76. The van der Waals surface area contributed by atoms with Gasteiger partial charge in [0, 0.05) is 18.2 Å². The summed E-state index contributed by atoms with van der Waals surface area (Å²) in [6.45, 7) is 2.91. The molecule has 0 aliphatic heterocycles. The van der Waals surface area contributed by atoms with Crippen LogP contribution in [0.2, 0.25) is 0 Å². The molecular weight excluding hydrogens is 201 g/mol. The van der Waals surface area contributed by atoms with Gasteiger partial charge >= 0.3 is 0 Å². The third-order valence-electron chi connectivity index (χ3n) is 3.66. The molecule has 1 aliphatic carbocycles. The molecule has 88 valence electrons. The summed E-state index contributed by atoms with van der Waals surface area (Å²) < 4.78 is 13.4. The Morgan fingerprint density at radius 3 is 2.81 bits per heavy atom. The van der Waals surface area contributed by atoms with E-state index in [1.807, 2.05) is 12.1 Å². The number of hydrogen-bond donors (Lipinski definition) is 1. The maximum atomic E-state index is 13.4. The Morgan fingerprint density at radius 2 is 2.12 bits per heavy atom. The van der Waals surface area contributed by atoms with E-state index in [-0.39, 0.29) is 5.82 Å². The summed E-state index contributed by atoms with van der Waals surface area (Å²) in [5.74, 6) is 0.776. The van der Waals surface area contributed by atoms with E-state index in [4.69, 9.17) is 0 Å². The van der Waals surface area contributed by atoms with Gasteiger partial charge in [-0.25, -0.2) is 4.39 Å². The van der Waals surface area contributed by atoms with Crippen molar-refractivity contribution in [1.29, 1.82) is 0 Å². The van der Waals surface area contributed by atoms with E-state index >= 15 is 0 Å². The molecule has 1 N–H and O–H groups in total. The Hall–Kier alpha value is -0.890. The molecule has 1 nitrogen and oxygen atoms in total. The summed E-state index contributed by atoms with van der Waals surface area (Å²) in [4.78, 5) is 0. The molecule has 2 rings (SSSR count). The molecule has 0 spiro atoms. The zero-order valence-electron chi connectivity index (χ0n) is 9.88. The van der Waals surface area contributed by atoms with Crippen molar-refractivity contribution in [3.05, 3.63) is 35.6 Å². The van der Waals surface area contributed by atoms with Gasteiger partial charge in [-0.05, 0) is 31.2 Å². The molecular formula is C14H20FN. The van der Waals surface area contributed by atoms with Crippen LogP contribution in [0.25, 0.3) is 0 Å². The first-order valence-corrected chi connectivity index (χ1v) is 6.26. The zero-order valence-corrected chi connectivity index (χ0v) is 9.88. The lowest BCUT2D eigenvalue weighted by atomic mass is 10.1. The van der Waals surface area contributed by atoms with Crippen molar-refractivity contribution >= 4 is 0 Å². The fourth-order valence-electron chi connectivity index (χ4n) is 2.53. The van der Waals surface area contributed by atoms with Gasteiger partial charge in [-0.2, -0.15) is 0 Å². The predicted molar refractivity (Wildman–Crippen MR) is 64.7 cm³/mol. The van der Waals surface area contributed by atoms with E-state index in [1.54, 1.807) is 6.07 Å². The second kappa shape index (κ2) is 5.44. The summed E-state index contributed by atoms with van der Waals surface area (Å²) in [6, 6.07) is 7.60. The minimum Gasteiger partial charge on any atom is -0.310 e. The van der Waals surface area contributed by atoms with Gasteiger partial charge in [-0.3, -0.25) is 0 Å². The smallest absolute Gasteiger partial charge is 0.127 e. The van der Waals surface area contributed by atoms with Crippen LogP contribution in [0.4, 0.5) is 4.39 Å². The lowest BCUT2D eigenvalue weighted by molar-refractivity contribution is 0.471. The van der Waals surface area contributed by atoms with Gasteiger partial charge in [0.15, 0.2) is 0 Å². The maximum absolute atomic E-state index is 13.4. The van der Waals surface area contributed by atoms with E-state index < -0.39 is 0 Å². The molecule has 2 heteroatoms. The molecule has 1 aromatic carbocycles. The van der Waals surface area contributed by atoms with Crippen molar-refractivity contribution in [2.75, 3.05) is 0 Å². The van der Waals surface area contributed by atoms with Gasteiger partial charge in [-0.1, -0.05) is 31.5 Å². The van der Waals surface area contributed by atoms with E-state index in [9.17, 15) is 4.39 Å². The highest BCUT2D eigenvalue weighted by Crippen LogP contribution is 2.28. The number of halogens is 1. The van der Waals surface area contributed by atoms with Crippen molar-refractivity contribution < 1.29 is 4.39 Å². The predicted octanol–water partition coefficient (Wildman–Crippen LogP) is 3.49. The quantitative estimate of drug-likeness (QED) is 0.820. The number of nitrogens with one attached hydrogen (secondary N) is 1. The number of benzene rings is 1. The fourth-order valence-corrected chi connectivity index (χ4v) is 2.53. The second-order valence-electron chi connectivity index (χ2n) is 4.76. The van der Waals surface area contributed by atoms with Crippen LogP contribution >= 0.6 is 0 Å². The third-order valence-corrected chi connectivity index (χ3v) is 3.66. The van der Waals surface area contributed by atoms with E-state index in [2.05, 4.69) is 12.2 Å². The van der Waals surface area contributed by atoms with Gasteiger partial charge in [0.05, 0.1) is 0 Å². The van der Waals surface area contributed by atoms with Gasteiger partial charge < -0.3 is 5.32 Å². The Kier molecular flexibility index (Phi) is 3.94. The molecule has 1 saturated carbocycles. The van der Waals surface area contributed by atoms with E-state index in [1.165, 1.54) is 31.7 Å². The van der Waals surface area contributed by atoms with Crippen molar-refractivity contribution in [1.82, 2.24) is 5.32 Å². The second-order valence-corrected chi connectivity index (χ2v) is 4.76. The van der Waals surface area contributed by atoms with Crippen molar-refractivity contribution in [2.45, 2.75) is 45.2 Å². The molecule has 1 aliphatic rings. The highest BCUT2D eigenvalue weighted by atomic mass is 19.1. The summed E-state index contributed by atoms with van der Waals surface area (Å²) in [7, 11) is 0. The highest BCUT2D eigenvalue weighted by Gasteiger charge is 2.22. The first-order valence-electron chi connectivity index (χ1n) is 6.26. The standard InChI is InChI=1S/C14H20FN/c1-2-11-7-8-13(9-11)16-10-12-5-3-4-6-14(12)15/h3-6,11,13,16H,2,7-10H2,1H3. The monoisotopic (exact) mass is 221 g/mol. The molecule has 2 atom stereocenters. The minimum atomic E-state index is -0.0972. The normalized spacial score (nSPS) is 24.9. The van der Waals surface area contributed by atoms with Crippen molar-refractivity contribution in [2.24, 2.45) is 5.92 Å². The first kappa shape index (κ1) is 11.6. The molecule has 0 radical (unpaired) electrons. The lowest BCUT2D eigenvalue weighted by Gasteiger charge is -2.13. The van der Waals surface area contributed by atoms with Crippen molar-refractivity contribution in [3.63, 3.8) is 0 Å². The Morgan fingerprint density at radius 1 is 1.31 bits per heavy atom. The van der Waals surface area contributed by atoms with Gasteiger partial charge in [0.25, 0.3) is 0 Å². The fraction of sp³-hybridized carbons (Fsp3) is 0.571. The van der Waals surface area contributed by atoms with Crippen LogP contribution in [0.5, 0.6) is 0 Å². The Labute approximate surface area is 97.1 Å². The number of rotatable bonds is 4. The van der Waals surface area contributed by atoms with Crippen LogP contribution in [0.1, 0.15) is 38.2 Å². The summed E-state index contributed by atoms with van der Waals surface area (Å²) in [5.41, 5.74) is 0.780. The molecule has 16 heavy (non-hydrogen) atoms. The molecule has 1 aromatic rings. The third kappa shape index (κ3) is 2.82. The van der Waals surface area contributed by atoms with Crippen LogP contribution in [-0.2, 0) is 6.54 Å². The van der Waals surface area contributed by atoms with E-state index in [0.29, 0.717) is 12.6 Å². The van der Waals surface area contributed by atoms with Crippen LogP contribution in [0, 0.1) is 11.7 Å². The van der Waals surface area contributed by atoms with Crippen LogP contribution in [0.3, 0.4) is 0 Å². The molecule has 0 bridgehead atoms. The van der Waals surface area contributed by atoms with Crippen LogP contribution < -0.4 is 5.32 Å². The van der Waals surface area contributed by atoms with E-state index in [0.717, 1.165) is 11.5 Å². The van der Waals surface area contributed by atoms with Crippen LogP contribution in [-0.4, -0.2) is 6.04 Å². The molecule has 1 fully saturated rings. The van der Waals surface area contributed by atoms with Gasteiger partial charge in [0.1, 0.15) is 5.82 Å². The van der Waals surface area contributed by atoms with Gasteiger partial charge in [-0.15, -0.1) is 0 Å². The average molecular weight is 221 g/mol. The Balaban J connectivity index is 1.82. The summed E-state index contributed by atoms with van der Waals surface area (Å²) >= 11 is 0. The largest absolute Gasteiger partial charge is 0.310 e. The molecule has 0 amide bonds. The first-order chi connectivity index (χ1) is 7.79. The molecule has 2 unspecified atom stereocenters. The van der Waals surface area contributed by atoms with Gasteiger partial charge in [0.2, 0.25) is 0 Å².